The zero-order valence-corrected chi connectivity index (χ0v) is 11.6. The number of aliphatic hydroxyl groups is 1. The van der Waals surface area contributed by atoms with Crippen LogP contribution in [0.1, 0.15) is 32.6 Å². The van der Waals surface area contributed by atoms with Crippen molar-refractivity contribution in [1.82, 2.24) is 0 Å². The fourth-order valence-corrected chi connectivity index (χ4v) is 4.73. The lowest BCUT2D eigenvalue weighted by atomic mass is 9.79. The van der Waals surface area contributed by atoms with Crippen molar-refractivity contribution >= 4 is 29.5 Å². The second-order valence-corrected chi connectivity index (χ2v) is 10.6. The van der Waals surface area contributed by atoms with Gasteiger partial charge < -0.3 is 15.7 Å². The van der Waals surface area contributed by atoms with Gasteiger partial charge >= 0.3 is 0 Å². The first-order chi connectivity index (χ1) is 6.81. The smallest absolute Gasteiger partial charge is 0.146 e. The van der Waals surface area contributed by atoms with E-state index in [-0.39, 0.29) is 12.5 Å². The predicted octanol–water partition coefficient (Wildman–Crippen LogP) is 1.69. The quantitative estimate of drug-likeness (QED) is 0.465. The molecule has 0 aromatic heterocycles. The molecule has 1 rings (SSSR count). The summed E-state index contributed by atoms with van der Waals surface area (Å²) in [5, 5.41) is 9.05. The number of hydrogen-bond acceptors (Lipinski definition) is 3. The summed E-state index contributed by atoms with van der Waals surface area (Å²) in [6, 6.07) is 0. The van der Waals surface area contributed by atoms with Crippen LogP contribution >= 0.6 is 17.7 Å². The van der Waals surface area contributed by atoms with E-state index < -0.39 is 10.8 Å². The van der Waals surface area contributed by atoms with Gasteiger partial charge in [0.05, 0.1) is 0 Å². The van der Waals surface area contributed by atoms with Crippen molar-refractivity contribution in [2.45, 2.75) is 37.9 Å². The normalized spacial score (nSPS) is 35.5. The maximum Gasteiger partial charge on any atom is 0.146 e. The van der Waals surface area contributed by atoms with Crippen LogP contribution in [0.4, 0.5) is 0 Å². The molecule has 0 saturated heterocycles. The van der Waals surface area contributed by atoms with Gasteiger partial charge in [0.25, 0.3) is 0 Å². The molecule has 4 atom stereocenters. The third kappa shape index (κ3) is 2.96. The van der Waals surface area contributed by atoms with Crippen molar-refractivity contribution in [2.75, 3.05) is 6.54 Å². The number of hydrogen-bond donors (Lipinski definition) is 4. The lowest BCUT2D eigenvalue weighted by Gasteiger charge is -2.42. The summed E-state index contributed by atoms with van der Waals surface area (Å²) < 4.78 is 0. The van der Waals surface area contributed by atoms with Gasteiger partial charge in [0.1, 0.15) is 10.8 Å². The summed E-state index contributed by atoms with van der Waals surface area (Å²) >= 11 is 8.95. The van der Waals surface area contributed by atoms with E-state index in [1.165, 1.54) is 6.42 Å². The molecule has 6 heteroatoms. The molecule has 4 unspecified atom stereocenters. The lowest BCUT2D eigenvalue weighted by molar-refractivity contribution is 0.0372. The summed E-state index contributed by atoms with van der Waals surface area (Å²) in [7, 11) is 0. The van der Waals surface area contributed by atoms with Gasteiger partial charge in [-0.2, -0.15) is 0 Å². The molecule has 0 amide bonds. The van der Waals surface area contributed by atoms with Crippen LogP contribution in [0.3, 0.4) is 0 Å². The Labute approximate surface area is 102 Å². The van der Waals surface area contributed by atoms with Gasteiger partial charge in [-0.05, 0) is 24.7 Å². The highest BCUT2D eigenvalue weighted by molar-refractivity contribution is 8.61. The second-order valence-electron chi connectivity index (χ2n) is 4.60. The highest BCUT2D eigenvalue weighted by Crippen LogP contribution is 2.62. The second kappa shape index (κ2) is 5.03. The van der Waals surface area contributed by atoms with E-state index in [9.17, 15) is 10.00 Å². The summed E-state index contributed by atoms with van der Waals surface area (Å²) in [6.07, 6.45) is 4.01. The summed E-state index contributed by atoms with van der Waals surface area (Å²) in [4.78, 5) is 9.84. The maximum absolute atomic E-state index is 10.4. The van der Waals surface area contributed by atoms with E-state index in [2.05, 4.69) is 19.2 Å². The standard InChI is InChI=1S/C9H20NO2PS2/c1-7-3-2-4-8(5-7)9(11,6-10)13(12,14)15/h7-8,11H,2-6,10H2,1H3,(H2,12,14,15). The van der Waals surface area contributed by atoms with E-state index in [1.54, 1.807) is 0 Å². The molecule has 0 aromatic rings. The molecule has 3 nitrogen and oxygen atoms in total. The Hall–Kier alpha value is 0.880. The molecule has 0 aromatic carbocycles. The van der Waals surface area contributed by atoms with Crippen molar-refractivity contribution < 1.29 is 10.00 Å². The van der Waals surface area contributed by atoms with Crippen LogP contribution in [-0.2, 0) is 11.8 Å². The van der Waals surface area contributed by atoms with Gasteiger partial charge in [0, 0.05) is 6.54 Å². The van der Waals surface area contributed by atoms with Gasteiger partial charge in [-0.25, -0.2) is 0 Å². The number of thiol groups is 1. The molecule has 1 saturated carbocycles. The minimum absolute atomic E-state index is 0.000386. The first kappa shape index (κ1) is 13.9. The fourth-order valence-electron chi connectivity index (χ4n) is 2.38. The molecular weight excluding hydrogens is 249 g/mol. The minimum atomic E-state index is -3.02. The molecule has 1 aliphatic rings. The minimum Gasteiger partial charge on any atom is -0.380 e. The predicted molar refractivity (Wildman–Crippen MR) is 70.6 cm³/mol. The van der Waals surface area contributed by atoms with Crippen LogP contribution in [0.5, 0.6) is 0 Å². The third-order valence-electron chi connectivity index (χ3n) is 3.40. The zero-order valence-electron chi connectivity index (χ0n) is 8.96. The highest BCUT2D eigenvalue weighted by atomic mass is 32.9. The van der Waals surface area contributed by atoms with Gasteiger partial charge in [0.15, 0.2) is 0 Å². The molecule has 15 heavy (non-hydrogen) atoms. The Morgan fingerprint density at radius 1 is 1.60 bits per heavy atom. The van der Waals surface area contributed by atoms with Crippen LogP contribution in [0.15, 0.2) is 0 Å². The molecule has 0 bridgehead atoms. The van der Waals surface area contributed by atoms with Crippen LogP contribution < -0.4 is 5.73 Å². The largest absolute Gasteiger partial charge is 0.380 e. The number of nitrogens with two attached hydrogens (primary N) is 1. The fraction of sp³-hybridized carbons (Fsp3) is 1.00. The molecule has 1 fully saturated rings. The topological polar surface area (TPSA) is 66.5 Å². The molecule has 0 radical (unpaired) electrons. The molecule has 90 valence electrons. The van der Waals surface area contributed by atoms with E-state index in [0.717, 1.165) is 19.3 Å². The Balaban J connectivity index is 2.86. The third-order valence-corrected chi connectivity index (χ3v) is 6.94. The summed E-state index contributed by atoms with van der Waals surface area (Å²) in [6.45, 7) is 2.16. The lowest BCUT2D eigenvalue weighted by Crippen LogP contribution is -2.45. The van der Waals surface area contributed by atoms with Crippen LogP contribution in [0.2, 0.25) is 0 Å². The Bertz CT molecular complexity index is 271. The van der Waals surface area contributed by atoms with E-state index >= 15 is 0 Å². The molecule has 0 aliphatic heterocycles. The average molecular weight is 269 g/mol. The van der Waals surface area contributed by atoms with Crippen molar-refractivity contribution in [3.63, 3.8) is 0 Å². The van der Waals surface area contributed by atoms with Crippen LogP contribution in [-0.4, -0.2) is 21.9 Å². The summed E-state index contributed by atoms with van der Waals surface area (Å²) in [5.74, 6) is 0.566. The Morgan fingerprint density at radius 2 is 2.20 bits per heavy atom. The SMILES string of the molecule is CC1CCCC(C(O)(CN)P(O)(=S)S)C1. The Kier molecular flexibility index (Phi) is 4.67. The highest BCUT2D eigenvalue weighted by Gasteiger charge is 2.46. The first-order valence-electron chi connectivity index (χ1n) is 5.29. The molecule has 1 aliphatic carbocycles. The average Bonchev–Trinajstić information content (AvgIpc) is 2.14. The van der Waals surface area contributed by atoms with E-state index in [4.69, 9.17) is 17.5 Å². The van der Waals surface area contributed by atoms with Crippen LogP contribution in [0, 0.1) is 11.8 Å². The monoisotopic (exact) mass is 269 g/mol. The maximum atomic E-state index is 10.4. The van der Waals surface area contributed by atoms with Crippen molar-refractivity contribution in [2.24, 2.45) is 17.6 Å². The summed E-state index contributed by atoms with van der Waals surface area (Å²) in [5.41, 5.74) is 2.55. The molecule has 0 spiro atoms. The Morgan fingerprint density at radius 3 is 2.60 bits per heavy atom. The molecule has 0 heterocycles. The zero-order chi connectivity index (χ0) is 11.7. The van der Waals surface area contributed by atoms with Crippen LogP contribution in [0.25, 0.3) is 0 Å². The van der Waals surface area contributed by atoms with E-state index in [1.807, 2.05) is 0 Å². The van der Waals surface area contributed by atoms with Crippen molar-refractivity contribution in [1.29, 1.82) is 0 Å². The van der Waals surface area contributed by atoms with Gasteiger partial charge in [-0.1, -0.05) is 31.6 Å². The van der Waals surface area contributed by atoms with Gasteiger partial charge in [-0.15, -0.1) is 12.2 Å². The molecular formula is C9H20NO2PS2. The van der Waals surface area contributed by atoms with E-state index in [0.29, 0.717) is 5.92 Å². The van der Waals surface area contributed by atoms with Gasteiger partial charge in [0.2, 0.25) is 0 Å². The number of rotatable bonds is 3. The van der Waals surface area contributed by atoms with Crippen molar-refractivity contribution in [3.05, 3.63) is 0 Å². The van der Waals surface area contributed by atoms with Crippen molar-refractivity contribution in [3.8, 4) is 0 Å². The first-order valence-corrected chi connectivity index (χ1v) is 9.20. The van der Waals surface area contributed by atoms with Gasteiger partial charge in [-0.3, -0.25) is 0 Å². The molecule has 4 N–H and O–H groups in total.